The van der Waals surface area contributed by atoms with Crippen molar-refractivity contribution in [1.29, 1.82) is 0 Å². The third kappa shape index (κ3) is 3.66. The quantitative estimate of drug-likeness (QED) is 0.297. The minimum atomic E-state index is 0.364. The zero-order chi connectivity index (χ0) is 17.0. The van der Waals surface area contributed by atoms with Crippen molar-refractivity contribution in [3.63, 3.8) is 0 Å². The summed E-state index contributed by atoms with van der Waals surface area (Å²) in [5.41, 5.74) is 3.79. The standard InChI is InChI=1S/C21H29S2.Sn.3H/c1-3-5-7-9-13-21(14-10-8-6-4-2)17-11-15-22-19(17)20-18(21)12-16-23-20;;;;/h11-12,15H,3-10,13-14H2,1-2H3;;;;. The molecule has 24 heavy (non-hydrogen) atoms. The van der Waals surface area contributed by atoms with E-state index in [0.29, 0.717) is 27.9 Å². The van der Waals surface area contributed by atoms with Crippen LogP contribution in [0.5, 0.6) is 0 Å². The van der Waals surface area contributed by atoms with E-state index < -0.39 is 0 Å². The maximum atomic E-state index is 2.61. The van der Waals surface area contributed by atoms with Crippen molar-refractivity contribution in [3.8, 4) is 9.75 Å². The average molecular weight is 467 g/mol. The van der Waals surface area contributed by atoms with Crippen molar-refractivity contribution in [1.82, 2.24) is 0 Å². The summed E-state index contributed by atoms with van der Waals surface area (Å²) in [5.74, 6) is 0. The van der Waals surface area contributed by atoms with Gasteiger partial charge in [0.05, 0.1) is 0 Å². The zero-order valence-electron chi connectivity index (χ0n) is 15.6. The number of unbranched alkanes of at least 4 members (excludes halogenated alkanes) is 6. The van der Waals surface area contributed by atoms with E-state index in [1.807, 2.05) is 11.3 Å². The molecule has 0 saturated heterocycles. The molecule has 0 fully saturated rings. The Bertz CT molecular complexity index is 641. The van der Waals surface area contributed by atoms with E-state index >= 15 is 0 Å². The molecule has 2 heterocycles. The monoisotopic (exact) mass is 468 g/mol. The fourth-order valence-corrected chi connectivity index (χ4v) is 9.27. The van der Waals surface area contributed by atoms with Crippen molar-refractivity contribution >= 4 is 48.1 Å². The number of hydrogen-bond donors (Lipinski definition) is 0. The predicted molar refractivity (Wildman–Crippen MR) is 116 cm³/mol. The molecule has 0 saturated carbocycles. The van der Waals surface area contributed by atoms with Gasteiger partial charge >= 0.3 is 170 Å². The van der Waals surface area contributed by atoms with Crippen LogP contribution in [0, 0.1) is 0 Å². The Morgan fingerprint density at radius 2 is 1.54 bits per heavy atom. The van der Waals surface area contributed by atoms with Gasteiger partial charge in [0.15, 0.2) is 0 Å². The molecule has 0 bridgehead atoms. The second-order valence-electron chi connectivity index (χ2n) is 7.47. The van der Waals surface area contributed by atoms with Crippen LogP contribution in [0.3, 0.4) is 0 Å². The number of hydrogen-bond acceptors (Lipinski definition) is 2. The Balaban J connectivity index is 1.88. The molecule has 2 aromatic heterocycles. The van der Waals surface area contributed by atoms with Crippen LogP contribution in [0.15, 0.2) is 17.5 Å². The van der Waals surface area contributed by atoms with Crippen LogP contribution in [-0.4, -0.2) is 22.5 Å². The second kappa shape index (κ2) is 8.72. The third-order valence-corrected chi connectivity index (χ3v) is 10.4. The molecule has 0 aliphatic heterocycles. The van der Waals surface area contributed by atoms with Gasteiger partial charge in [-0.15, -0.1) is 0 Å². The van der Waals surface area contributed by atoms with Gasteiger partial charge in [0.1, 0.15) is 0 Å². The maximum absolute atomic E-state index is 2.61. The Morgan fingerprint density at radius 3 is 2.17 bits per heavy atom. The van der Waals surface area contributed by atoms with Crippen LogP contribution in [-0.2, 0) is 5.41 Å². The summed E-state index contributed by atoms with van der Waals surface area (Å²) in [5, 5.41) is 2.35. The van der Waals surface area contributed by atoms with Gasteiger partial charge in [0.25, 0.3) is 0 Å². The normalized spacial score (nSPS) is 14.9. The average Bonchev–Trinajstić information content (AvgIpc) is 3.24. The third-order valence-electron chi connectivity index (χ3n) is 5.67. The van der Waals surface area contributed by atoms with Crippen LogP contribution in [0.1, 0.15) is 89.2 Å². The summed E-state index contributed by atoms with van der Waals surface area (Å²) in [7, 11) is 0. The molecule has 0 spiro atoms. The number of thiophene rings is 2. The van der Waals surface area contributed by atoms with E-state index in [1.54, 1.807) is 23.8 Å². The SMILES string of the molecule is CCCCCCC1(CCCCCC)c2ccsc2-c2s[c]([SnH3])cc21. The first-order valence-electron chi connectivity index (χ1n) is 9.92. The number of rotatable bonds is 10. The molecule has 2 aromatic rings. The van der Waals surface area contributed by atoms with Crippen LogP contribution >= 0.6 is 22.7 Å². The molecular weight excluding hydrogens is 435 g/mol. The molecule has 3 rings (SSSR count). The van der Waals surface area contributed by atoms with Crippen LogP contribution in [0.2, 0.25) is 0 Å². The summed E-state index contributed by atoms with van der Waals surface area (Å²) < 4.78 is 1.70. The Labute approximate surface area is 169 Å². The van der Waals surface area contributed by atoms with Gasteiger partial charge in [-0.25, -0.2) is 0 Å². The van der Waals surface area contributed by atoms with Crippen molar-refractivity contribution < 1.29 is 0 Å². The van der Waals surface area contributed by atoms with Gasteiger partial charge in [0.2, 0.25) is 0 Å². The summed E-state index contributed by atoms with van der Waals surface area (Å²) in [6.07, 6.45) is 13.8. The Kier molecular flexibility index (Phi) is 6.90. The minimum absolute atomic E-state index is 0.364. The van der Waals surface area contributed by atoms with Crippen LogP contribution < -0.4 is 2.89 Å². The second-order valence-corrected chi connectivity index (χ2v) is 14.8. The van der Waals surface area contributed by atoms with Crippen molar-refractivity contribution in [2.75, 3.05) is 0 Å². The summed E-state index contributed by atoms with van der Waals surface area (Å²) in [6, 6.07) is 5.08. The van der Waals surface area contributed by atoms with E-state index in [4.69, 9.17) is 0 Å². The van der Waals surface area contributed by atoms with Gasteiger partial charge in [-0.2, -0.15) is 0 Å². The molecule has 0 aromatic carbocycles. The predicted octanol–water partition coefficient (Wildman–Crippen LogP) is 6.01. The molecule has 1 aliphatic rings. The molecule has 3 heteroatoms. The molecule has 0 unspecified atom stereocenters. The van der Waals surface area contributed by atoms with Crippen molar-refractivity contribution in [2.45, 2.75) is 83.5 Å². The van der Waals surface area contributed by atoms with Crippen LogP contribution in [0.4, 0.5) is 0 Å². The zero-order valence-corrected chi connectivity index (χ0v) is 23.0. The molecule has 132 valence electrons. The molecule has 0 nitrogen and oxygen atoms in total. The topological polar surface area (TPSA) is 0 Å². The summed E-state index contributed by atoms with van der Waals surface area (Å²) >= 11 is 4.75. The molecule has 0 amide bonds. The van der Waals surface area contributed by atoms with Gasteiger partial charge in [-0.3, -0.25) is 0 Å². The molecule has 0 N–H and O–H groups in total. The fourth-order valence-electron chi connectivity index (χ4n) is 4.42. The Morgan fingerprint density at radius 1 is 0.875 bits per heavy atom. The summed E-state index contributed by atoms with van der Waals surface area (Å²) in [6.45, 7) is 4.64. The first-order valence-corrected chi connectivity index (χ1v) is 14.5. The van der Waals surface area contributed by atoms with Crippen molar-refractivity contribution in [3.05, 3.63) is 28.6 Å². The first-order chi connectivity index (χ1) is 11.7. The van der Waals surface area contributed by atoms with Gasteiger partial charge in [-0.1, -0.05) is 0 Å². The van der Waals surface area contributed by atoms with E-state index in [0.717, 1.165) is 0 Å². The molecule has 1 aliphatic carbocycles. The summed E-state index contributed by atoms with van der Waals surface area (Å²) in [4.78, 5) is 3.28. The van der Waals surface area contributed by atoms with Gasteiger partial charge in [0, 0.05) is 0 Å². The van der Waals surface area contributed by atoms with Crippen molar-refractivity contribution in [2.24, 2.45) is 0 Å². The van der Waals surface area contributed by atoms with Gasteiger partial charge < -0.3 is 0 Å². The fraction of sp³-hybridized carbons (Fsp3) is 0.619. The van der Waals surface area contributed by atoms with Crippen LogP contribution in [0.25, 0.3) is 9.75 Å². The molecule has 0 atom stereocenters. The van der Waals surface area contributed by atoms with E-state index in [1.165, 1.54) is 64.2 Å². The molecule has 0 radical (unpaired) electrons. The number of fused-ring (bicyclic) bond motifs is 3. The first kappa shape index (κ1) is 19.0. The Hall–Kier alpha value is 0.199. The van der Waals surface area contributed by atoms with E-state index in [-0.39, 0.29) is 0 Å². The van der Waals surface area contributed by atoms with E-state index in [9.17, 15) is 0 Å². The van der Waals surface area contributed by atoms with E-state index in [2.05, 4.69) is 42.7 Å². The molecular formula is C21H32S2Sn. The van der Waals surface area contributed by atoms with Gasteiger partial charge in [-0.05, 0) is 0 Å².